The molecule has 0 amide bonds. The Hall–Kier alpha value is -0.420. The summed E-state index contributed by atoms with van der Waals surface area (Å²) in [6.07, 6.45) is 20.2. The molecule has 4 nitrogen and oxygen atoms in total. The zero-order valence-corrected chi connectivity index (χ0v) is 33.0. The van der Waals surface area contributed by atoms with Crippen LogP contribution in [-0.4, -0.2) is 22.4 Å². The maximum Gasteiger partial charge on any atom is 0.140 e. The SMILES string of the molecule is CC1C2CCCCCCCCC(C(N)Cc3ccc(Oc4ccc(C5(O)CCCCCCCC5)c(I)c4)c(I)c3)(C2)C(O)C1(C)C. The van der Waals surface area contributed by atoms with E-state index in [-0.39, 0.29) is 16.9 Å². The van der Waals surface area contributed by atoms with Gasteiger partial charge in [-0.25, -0.2) is 0 Å². The van der Waals surface area contributed by atoms with E-state index in [0.717, 1.165) is 75.6 Å². The molecule has 4 N–H and O–H groups in total. The third kappa shape index (κ3) is 8.30. The van der Waals surface area contributed by atoms with Gasteiger partial charge in [0.15, 0.2) is 0 Å². The Morgan fingerprint density at radius 2 is 1.43 bits per heavy atom. The van der Waals surface area contributed by atoms with Crippen molar-refractivity contribution in [2.45, 2.75) is 154 Å². The smallest absolute Gasteiger partial charge is 0.140 e. The minimum absolute atomic E-state index is 0.0994. The average Bonchev–Trinajstić information content (AvgIpc) is 3.09. The van der Waals surface area contributed by atoms with Crippen molar-refractivity contribution in [2.75, 3.05) is 0 Å². The van der Waals surface area contributed by atoms with Gasteiger partial charge in [0.1, 0.15) is 11.5 Å². The molecule has 5 atom stereocenters. The topological polar surface area (TPSA) is 75.7 Å². The maximum absolute atomic E-state index is 12.1. The van der Waals surface area contributed by atoms with Gasteiger partial charge in [-0.2, -0.15) is 0 Å². The van der Waals surface area contributed by atoms with E-state index in [4.69, 9.17) is 10.5 Å². The number of aliphatic hydroxyl groups is 2. The predicted molar refractivity (Wildman–Crippen MR) is 207 cm³/mol. The van der Waals surface area contributed by atoms with Crippen molar-refractivity contribution in [1.82, 2.24) is 0 Å². The third-order valence-corrected chi connectivity index (χ3v) is 14.3. The van der Waals surface area contributed by atoms with Gasteiger partial charge in [-0.05, 0) is 130 Å². The highest BCUT2D eigenvalue weighted by Crippen LogP contribution is 2.57. The Kier molecular flexibility index (Phi) is 12.9. The monoisotopic (exact) mass is 855 g/mol. The molecule has 5 unspecified atom stereocenters. The summed E-state index contributed by atoms with van der Waals surface area (Å²) in [5, 5.41) is 23.8. The van der Waals surface area contributed by atoms with Crippen LogP contribution in [0.5, 0.6) is 11.5 Å². The molecule has 256 valence electrons. The molecule has 0 saturated heterocycles. The van der Waals surface area contributed by atoms with Crippen LogP contribution in [0.15, 0.2) is 36.4 Å². The summed E-state index contributed by atoms with van der Waals surface area (Å²) >= 11 is 4.76. The molecule has 0 spiro atoms. The fourth-order valence-corrected chi connectivity index (χ4v) is 11.0. The number of fused-ring (bicyclic) bond motifs is 2. The Morgan fingerprint density at radius 3 is 2.07 bits per heavy atom. The third-order valence-electron chi connectivity index (χ3n) is 12.5. The zero-order valence-electron chi connectivity index (χ0n) is 28.6. The second-order valence-electron chi connectivity index (χ2n) is 15.8. The van der Waals surface area contributed by atoms with Crippen LogP contribution in [0.1, 0.15) is 141 Å². The molecule has 0 radical (unpaired) electrons. The molecule has 3 aliphatic carbocycles. The highest BCUT2D eigenvalue weighted by atomic mass is 127. The lowest BCUT2D eigenvalue weighted by atomic mass is 9.49. The van der Waals surface area contributed by atoms with Crippen molar-refractivity contribution in [3.8, 4) is 11.5 Å². The number of halogens is 2. The number of benzene rings is 2. The summed E-state index contributed by atoms with van der Waals surface area (Å²) in [4.78, 5) is 0. The van der Waals surface area contributed by atoms with Crippen molar-refractivity contribution in [1.29, 1.82) is 0 Å². The minimum Gasteiger partial charge on any atom is -0.456 e. The van der Waals surface area contributed by atoms with Crippen LogP contribution in [0, 0.1) is 29.8 Å². The number of aliphatic hydroxyl groups excluding tert-OH is 1. The van der Waals surface area contributed by atoms with Gasteiger partial charge in [0.2, 0.25) is 0 Å². The molecule has 0 aliphatic heterocycles. The number of ether oxygens (including phenoxy) is 1. The molecule has 5 rings (SSSR count). The summed E-state index contributed by atoms with van der Waals surface area (Å²) in [6, 6.07) is 12.5. The molecule has 0 heterocycles. The van der Waals surface area contributed by atoms with Crippen LogP contribution in [0.25, 0.3) is 0 Å². The molecular weight excluding hydrogens is 796 g/mol. The van der Waals surface area contributed by atoms with Crippen molar-refractivity contribution < 1.29 is 14.9 Å². The van der Waals surface area contributed by atoms with E-state index in [9.17, 15) is 10.2 Å². The lowest BCUT2D eigenvalue weighted by Crippen LogP contribution is -2.62. The Balaban J connectivity index is 1.32. The van der Waals surface area contributed by atoms with Gasteiger partial charge in [0, 0.05) is 15.0 Å². The lowest BCUT2D eigenvalue weighted by molar-refractivity contribution is -0.156. The van der Waals surface area contributed by atoms with E-state index in [1.807, 2.05) is 6.07 Å². The quantitative estimate of drug-likeness (QED) is 0.253. The predicted octanol–water partition coefficient (Wildman–Crippen LogP) is 11.0. The molecule has 3 saturated carbocycles. The molecule has 3 aliphatic rings. The standard InChI is InChI=1S/C40H59I2NO3/c1-28-30-16-12-8-4-5-9-13-21-39(27-30,37(44)38(28,2)3)36(43)25-29-17-20-35(34(42)24-29)46-31-18-19-32(33(41)26-31)40(45)22-14-10-6-7-11-15-23-40/h17-20,24,26,28,30,36-37,44-45H,4-16,21-23,25,27,43H2,1-3H3. The fraction of sp³-hybridized carbons (Fsp3) is 0.700. The van der Waals surface area contributed by atoms with Crippen LogP contribution in [-0.2, 0) is 12.0 Å². The summed E-state index contributed by atoms with van der Waals surface area (Å²) in [5.41, 5.74) is 8.34. The largest absolute Gasteiger partial charge is 0.456 e. The molecule has 2 aromatic carbocycles. The first kappa shape index (κ1) is 36.9. The second-order valence-corrected chi connectivity index (χ2v) is 18.2. The van der Waals surface area contributed by atoms with Crippen LogP contribution >= 0.6 is 45.2 Å². The van der Waals surface area contributed by atoms with Gasteiger partial charge < -0.3 is 20.7 Å². The second kappa shape index (κ2) is 16.1. The normalized spacial score (nSPS) is 29.8. The fourth-order valence-electron chi connectivity index (χ4n) is 9.28. The van der Waals surface area contributed by atoms with Crippen LogP contribution in [0.4, 0.5) is 0 Å². The highest BCUT2D eigenvalue weighted by molar-refractivity contribution is 14.1. The van der Waals surface area contributed by atoms with E-state index < -0.39 is 11.7 Å². The van der Waals surface area contributed by atoms with Crippen molar-refractivity contribution in [3.05, 3.63) is 54.7 Å². The molecule has 2 bridgehead atoms. The summed E-state index contributed by atoms with van der Waals surface area (Å²) in [6.45, 7) is 6.95. The Labute approximate surface area is 306 Å². The van der Waals surface area contributed by atoms with E-state index in [1.54, 1.807) is 0 Å². The van der Waals surface area contributed by atoms with Crippen LogP contribution in [0.2, 0.25) is 0 Å². The molecule has 6 heteroatoms. The van der Waals surface area contributed by atoms with Gasteiger partial charge in [-0.15, -0.1) is 0 Å². The van der Waals surface area contributed by atoms with E-state index >= 15 is 0 Å². The molecule has 3 fully saturated rings. The van der Waals surface area contributed by atoms with Crippen molar-refractivity contribution >= 4 is 45.2 Å². The average molecular weight is 856 g/mol. The van der Waals surface area contributed by atoms with Gasteiger partial charge >= 0.3 is 0 Å². The molecule has 2 aromatic rings. The summed E-state index contributed by atoms with van der Waals surface area (Å²) in [7, 11) is 0. The summed E-state index contributed by atoms with van der Waals surface area (Å²) < 4.78 is 8.56. The first-order chi connectivity index (χ1) is 22.0. The maximum atomic E-state index is 12.1. The number of hydrogen-bond donors (Lipinski definition) is 3. The number of hydrogen-bond acceptors (Lipinski definition) is 4. The van der Waals surface area contributed by atoms with Crippen LogP contribution in [0.3, 0.4) is 0 Å². The first-order valence-corrected chi connectivity index (χ1v) is 20.5. The van der Waals surface area contributed by atoms with Gasteiger partial charge in [-0.3, -0.25) is 0 Å². The van der Waals surface area contributed by atoms with Crippen LogP contribution < -0.4 is 10.5 Å². The van der Waals surface area contributed by atoms with Crippen molar-refractivity contribution in [3.63, 3.8) is 0 Å². The van der Waals surface area contributed by atoms with E-state index in [0.29, 0.717) is 11.8 Å². The Morgan fingerprint density at radius 1 is 0.826 bits per heavy atom. The number of rotatable bonds is 6. The number of nitrogens with two attached hydrogens (primary N) is 1. The Bertz CT molecular complexity index is 1290. The van der Waals surface area contributed by atoms with E-state index in [1.165, 1.54) is 69.8 Å². The van der Waals surface area contributed by atoms with E-state index in [2.05, 4.69) is 96.3 Å². The lowest BCUT2D eigenvalue weighted by Gasteiger charge is -2.58. The molecular formula is C40H59I2NO3. The molecule has 46 heavy (non-hydrogen) atoms. The summed E-state index contributed by atoms with van der Waals surface area (Å²) in [5.74, 6) is 2.74. The molecule has 0 aromatic heterocycles. The van der Waals surface area contributed by atoms with Crippen molar-refractivity contribution in [2.24, 2.45) is 28.4 Å². The van der Waals surface area contributed by atoms with Gasteiger partial charge in [0.05, 0.1) is 15.3 Å². The minimum atomic E-state index is -0.749. The first-order valence-electron chi connectivity index (χ1n) is 18.4. The highest BCUT2D eigenvalue weighted by Gasteiger charge is 2.56. The van der Waals surface area contributed by atoms with Gasteiger partial charge in [-0.1, -0.05) is 116 Å². The zero-order chi connectivity index (χ0) is 33.0. The van der Waals surface area contributed by atoms with Gasteiger partial charge in [0.25, 0.3) is 0 Å².